The molecule has 2 nitrogen and oxygen atoms in total. The van der Waals surface area contributed by atoms with Crippen LogP contribution >= 0.6 is 0 Å². The SMILES string of the molecule is O=C(O)CCc1cc(C(F)F)cc(C(F)F)c1. The number of alkyl halides is 4. The van der Waals surface area contributed by atoms with Crippen molar-refractivity contribution in [3.63, 3.8) is 0 Å². The molecule has 0 fully saturated rings. The lowest BCUT2D eigenvalue weighted by Crippen LogP contribution is -2.00. The Bertz CT molecular complexity index is 378. The fourth-order valence-corrected chi connectivity index (χ4v) is 1.39. The molecule has 0 spiro atoms. The molecule has 17 heavy (non-hydrogen) atoms. The standard InChI is InChI=1S/C11H10F4O2/c12-10(13)7-3-6(1-2-9(16)17)4-8(5-7)11(14)15/h3-5,10-11H,1-2H2,(H,16,17). The minimum Gasteiger partial charge on any atom is -0.481 e. The molecule has 0 aromatic heterocycles. The van der Waals surface area contributed by atoms with Gasteiger partial charge in [-0.15, -0.1) is 0 Å². The third-order valence-corrected chi connectivity index (χ3v) is 2.17. The summed E-state index contributed by atoms with van der Waals surface area (Å²) >= 11 is 0. The maximum Gasteiger partial charge on any atom is 0.303 e. The molecule has 6 heteroatoms. The zero-order valence-corrected chi connectivity index (χ0v) is 8.67. The van der Waals surface area contributed by atoms with Crippen molar-refractivity contribution in [2.75, 3.05) is 0 Å². The minimum absolute atomic E-state index is 0.0460. The maximum absolute atomic E-state index is 12.4. The van der Waals surface area contributed by atoms with E-state index in [1.54, 1.807) is 0 Å². The average Bonchev–Trinajstić information content (AvgIpc) is 2.25. The summed E-state index contributed by atoms with van der Waals surface area (Å²) in [7, 11) is 0. The monoisotopic (exact) mass is 250 g/mol. The molecular weight excluding hydrogens is 240 g/mol. The van der Waals surface area contributed by atoms with Crippen molar-refractivity contribution in [3.05, 3.63) is 34.9 Å². The summed E-state index contributed by atoms with van der Waals surface area (Å²) in [4.78, 5) is 10.3. The van der Waals surface area contributed by atoms with E-state index in [-0.39, 0.29) is 18.4 Å². The molecule has 1 aromatic rings. The van der Waals surface area contributed by atoms with E-state index < -0.39 is 29.9 Å². The number of aliphatic carboxylic acids is 1. The lowest BCUT2D eigenvalue weighted by molar-refractivity contribution is -0.136. The van der Waals surface area contributed by atoms with E-state index in [9.17, 15) is 22.4 Å². The van der Waals surface area contributed by atoms with Crippen molar-refractivity contribution >= 4 is 5.97 Å². The van der Waals surface area contributed by atoms with Gasteiger partial charge in [0.25, 0.3) is 12.9 Å². The molecule has 1 rings (SSSR count). The van der Waals surface area contributed by atoms with Crippen LogP contribution in [0.2, 0.25) is 0 Å². The Morgan fingerprint density at radius 3 is 1.88 bits per heavy atom. The van der Waals surface area contributed by atoms with E-state index in [1.165, 1.54) is 0 Å². The lowest BCUT2D eigenvalue weighted by atomic mass is 10.0. The van der Waals surface area contributed by atoms with Crippen LogP contribution < -0.4 is 0 Å². The summed E-state index contributed by atoms with van der Waals surface area (Å²) < 4.78 is 49.7. The van der Waals surface area contributed by atoms with Crippen LogP contribution in [0.1, 0.15) is 36.0 Å². The van der Waals surface area contributed by atoms with E-state index in [0.717, 1.165) is 18.2 Å². The molecule has 0 aliphatic rings. The maximum atomic E-state index is 12.4. The molecule has 1 N–H and O–H groups in total. The number of hydrogen-bond acceptors (Lipinski definition) is 1. The van der Waals surface area contributed by atoms with E-state index in [2.05, 4.69) is 0 Å². The van der Waals surface area contributed by atoms with Crippen LogP contribution in [-0.4, -0.2) is 11.1 Å². The number of aryl methyl sites for hydroxylation is 1. The van der Waals surface area contributed by atoms with Crippen LogP contribution in [0, 0.1) is 0 Å². The van der Waals surface area contributed by atoms with E-state index >= 15 is 0 Å². The number of carbonyl (C=O) groups is 1. The molecule has 0 saturated carbocycles. The van der Waals surface area contributed by atoms with Crippen LogP contribution in [0.3, 0.4) is 0 Å². The highest BCUT2D eigenvalue weighted by molar-refractivity contribution is 5.67. The molecule has 0 saturated heterocycles. The van der Waals surface area contributed by atoms with Crippen LogP contribution in [-0.2, 0) is 11.2 Å². The first-order chi connectivity index (χ1) is 7.90. The number of hydrogen-bond donors (Lipinski definition) is 1. The predicted molar refractivity (Wildman–Crippen MR) is 52.3 cm³/mol. The smallest absolute Gasteiger partial charge is 0.303 e. The first-order valence-electron chi connectivity index (χ1n) is 4.82. The second-order valence-corrected chi connectivity index (χ2v) is 3.50. The number of carboxylic acids is 1. The topological polar surface area (TPSA) is 37.3 Å². The summed E-state index contributed by atoms with van der Waals surface area (Å²) in [6.07, 6.45) is -6.03. The first-order valence-corrected chi connectivity index (χ1v) is 4.82. The van der Waals surface area contributed by atoms with Gasteiger partial charge in [0.1, 0.15) is 0 Å². The molecular formula is C11H10F4O2. The van der Waals surface area contributed by atoms with Crippen molar-refractivity contribution < 1.29 is 27.5 Å². The van der Waals surface area contributed by atoms with Gasteiger partial charge in [0.05, 0.1) is 0 Å². The highest BCUT2D eigenvalue weighted by Gasteiger charge is 2.15. The van der Waals surface area contributed by atoms with Crippen molar-refractivity contribution in [1.82, 2.24) is 0 Å². The second-order valence-electron chi connectivity index (χ2n) is 3.50. The number of halogens is 4. The van der Waals surface area contributed by atoms with Crippen molar-refractivity contribution in [1.29, 1.82) is 0 Å². The Morgan fingerprint density at radius 1 is 1.06 bits per heavy atom. The van der Waals surface area contributed by atoms with Crippen LogP contribution in [0.25, 0.3) is 0 Å². The van der Waals surface area contributed by atoms with Crippen LogP contribution in [0.4, 0.5) is 17.6 Å². The molecule has 0 radical (unpaired) electrons. The lowest BCUT2D eigenvalue weighted by Gasteiger charge is -2.08. The Labute approximate surface area is 94.9 Å². The molecule has 0 amide bonds. The molecule has 1 aromatic carbocycles. The third-order valence-electron chi connectivity index (χ3n) is 2.17. The Kier molecular flexibility index (Phi) is 4.48. The van der Waals surface area contributed by atoms with Gasteiger partial charge in [0.2, 0.25) is 0 Å². The van der Waals surface area contributed by atoms with Crippen molar-refractivity contribution in [3.8, 4) is 0 Å². The second kappa shape index (κ2) is 5.65. The van der Waals surface area contributed by atoms with E-state index in [1.807, 2.05) is 0 Å². The van der Waals surface area contributed by atoms with Crippen molar-refractivity contribution in [2.45, 2.75) is 25.7 Å². The van der Waals surface area contributed by atoms with Gasteiger partial charge >= 0.3 is 5.97 Å². The number of carboxylic acid groups (broad SMARTS) is 1. The fraction of sp³-hybridized carbons (Fsp3) is 0.364. The minimum atomic E-state index is -2.85. The van der Waals surface area contributed by atoms with Crippen LogP contribution in [0.5, 0.6) is 0 Å². The first kappa shape index (κ1) is 13.5. The van der Waals surface area contributed by atoms with E-state index in [4.69, 9.17) is 5.11 Å². The highest BCUT2D eigenvalue weighted by atomic mass is 19.3. The van der Waals surface area contributed by atoms with Gasteiger partial charge in [0.15, 0.2) is 0 Å². The zero-order chi connectivity index (χ0) is 13.0. The summed E-state index contributed by atoms with van der Waals surface area (Å²) in [6, 6.07) is 2.85. The molecule has 0 aliphatic carbocycles. The predicted octanol–water partition coefficient (Wildman–Crippen LogP) is 3.58. The Balaban J connectivity index is 2.99. The number of rotatable bonds is 5. The fourth-order valence-electron chi connectivity index (χ4n) is 1.39. The molecule has 0 heterocycles. The van der Waals surface area contributed by atoms with Gasteiger partial charge in [-0.1, -0.05) is 12.1 Å². The molecule has 0 unspecified atom stereocenters. The zero-order valence-electron chi connectivity index (χ0n) is 8.67. The van der Waals surface area contributed by atoms with Crippen molar-refractivity contribution in [2.24, 2.45) is 0 Å². The third kappa shape index (κ3) is 4.05. The summed E-state index contributed by atoms with van der Waals surface area (Å²) in [5.41, 5.74) is -0.841. The molecule has 94 valence electrons. The Morgan fingerprint density at radius 2 is 1.53 bits per heavy atom. The summed E-state index contributed by atoms with van der Waals surface area (Å²) in [5.74, 6) is -1.11. The Hall–Kier alpha value is -1.59. The van der Waals surface area contributed by atoms with Gasteiger partial charge in [-0.3, -0.25) is 4.79 Å². The average molecular weight is 250 g/mol. The highest BCUT2D eigenvalue weighted by Crippen LogP contribution is 2.27. The quantitative estimate of drug-likeness (QED) is 0.811. The molecule has 0 bridgehead atoms. The normalized spacial score (nSPS) is 11.2. The van der Waals surface area contributed by atoms with E-state index in [0.29, 0.717) is 0 Å². The van der Waals surface area contributed by atoms with Gasteiger partial charge in [-0.2, -0.15) is 0 Å². The largest absolute Gasteiger partial charge is 0.481 e. The van der Waals surface area contributed by atoms with Gasteiger partial charge in [0, 0.05) is 17.5 Å². The number of benzene rings is 1. The van der Waals surface area contributed by atoms with Crippen LogP contribution in [0.15, 0.2) is 18.2 Å². The summed E-state index contributed by atoms with van der Waals surface area (Å²) in [5, 5.41) is 8.44. The molecule has 0 aliphatic heterocycles. The molecule has 0 atom stereocenters. The summed E-state index contributed by atoms with van der Waals surface area (Å²) in [6.45, 7) is 0. The van der Waals surface area contributed by atoms with Gasteiger partial charge in [-0.25, -0.2) is 17.6 Å². The van der Waals surface area contributed by atoms with Gasteiger partial charge in [-0.05, 0) is 18.1 Å². The van der Waals surface area contributed by atoms with Gasteiger partial charge < -0.3 is 5.11 Å².